The number of ether oxygens (including phenoxy) is 5. The molecule has 0 aromatic heterocycles. The second-order valence-corrected chi connectivity index (χ2v) is 22.0. The molecule has 306 valence electrons. The lowest BCUT2D eigenvalue weighted by molar-refractivity contribution is -0.172. The number of carbonyl (C=O) groups excluding carboxylic acids is 5. The zero-order valence-corrected chi connectivity index (χ0v) is 34.2. The van der Waals surface area contributed by atoms with Crippen molar-refractivity contribution in [2.24, 2.45) is 63.1 Å². The van der Waals surface area contributed by atoms with E-state index in [2.05, 4.69) is 27.7 Å². The summed E-state index contributed by atoms with van der Waals surface area (Å²) in [6.07, 6.45) is 17.5. The van der Waals surface area contributed by atoms with Crippen LogP contribution in [0.3, 0.4) is 0 Å². The van der Waals surface area contributed by atoms with E-state index >= 15 is 0 Å². The Kier molecular flexibility index (Phi) is 6.77. The Labute approximate surface area is 334 Å². The van der Waals surface area contributed by atoms with Gasteiger partial charge in [0.2, 0.25) is 0 Å². The minimum atomic E-state index is -0.424. The van der Waals surface area contributed by atoms with Gasteiger partial charge >= 0.3 is 17.9 Å². The van der Waals surface area contributed by atoms with Crippen molar-refractivity contribution < 1.29 is 47.7 Å². The van der Waals surface area contributed by atoms with Crippen molar-refractivity contribution in [3.63, 3.8) is 0 Å². The number of ketones is 2. The number of hydrogen-bond donors (Lipinski definition) is 0. The Bertz CT molecular complexity index is 2040. The zero-order valence-electron chi connectivity index (χ0n) is 34.2. The first-order valence-electron chi connectivity index (χ1n) is 22.4. The Hall–Kier alpha value is -2.85. The molecule has 4 aliphatic heterocycles. The molecule has 0 N–H and O–H groups in total. The number of fused-ring (bicyclic) bond motifs is 11. The van der Waals surface area contributed by atoms with Gasteiger partial charge in [0.05, 0.1) is 25.2 Å². The maximum atomic E-state index is 13.0. The lowest BCUT2D eigenvalue weighted by Gasteiger charge is -2.58. The van der Waals surface area contributed by atoms with Crippen LogP contribution in [0.4, 0.5) is 0 Å². The molecule has 13 aliphatic rings. The highest BCUT2D eigenvalue weighted by Gasteiger charge is 2.86. The zero-order chi connectivity index (χ0) is 39.5. The van der Waals surface area contributed by atoms with Crippen LogP contribution in [-0.4, -0.2) is 71.2 Å². The molecular weight excluding hydrogens is 725 g/mol. The van der Waals surface area contributed by atoms with E-state index in [9.17, 15) is 24.0 Å². The van der Waals surface area contributed by atoms with Crippen LogP contribution in [0.1, 0.15) is 130 Å². The summed E-state index contributed by atoms with van der Waals surface area (Å²) < 4.78 is 30.7. The largest absolute Gasteiger partial charge is 0.469 e. The molecular formula is C47H58O10. The first kappa shape index (κ1) is 36.0. The van der Waals surface area contributed by atoms with Gasteiger partial charge in [-0.25, -0.2) is 0 Å². The van der Waals surface area contributed by atoms with Crippen LogP contribution in [0.25, 0.3) is 0 Å². The highest BCUT2D eigenvalue weighted by molar-refractivity contribution is 5.93. The van der Waals surface area contributed by atoms with Crippen molar-refractivity contribution in [3.8, 4) is 0 Å². The third-order valence-corrected chi connectivity index (χ3v) is 20.7. The standard InChI is InChI=1S/C24H30O6.C23H28O4/c1-21-7-4-14(25)10-13(21)11-15(20(27)28-3)19-16-5-8-23(9-6-18(26)30-23)22(16,2)12-17-24(19,21)29-17;1-20-6-3-12(24)9-16(20)13-10-14(13)19-15-4-7-22(8-5-18(25)27-22)21(15,2)11-17-23(19,20)26-17/h10,15-17,19H,4-9,11-12H2,1-3H3;9,13-15,17,19H,3-8,10-11H2,1-2H3/t15-,16?,17-,19?,21?,22?,23-,24-;13?,14?,15?,17-,19?,20?,21?,22-,23-/m11/s1. The lowest BCUT2D eigenvalue weighted by Crippen LogP contribution is -2.63. The van der Waals surface area contributed by atoms with E-state index in [1.54, 1.807) is 6.08 Å². The first-order chi connectivity index (χ1) is 27.1. The minimum absolute atomic E-state index is 0.00124. The minimum Gasteiger partial charge on any atom is -0.469 e. The predicted octanol–water partition coefficient (Wildman–Crippen LogP) is 6.71. The maximum absolute atomic E-state index is 13.0. The second kappa shape index (κ2) is 10.7. The molecule has 10 nitrogen and oxygen atoms in total. The molecule has 4 heterocycles. The second-order valence-electron chi connectivity index (χ2n) is 22.0. The number of methoxy groups -OCH3 is 1. The van der Waals surface area contributed by atoms with Crippen LogP contribution < -0.4 is 0 Å². The topological polar surface area (TPSA) is 138 Å². The predicted molar refractivity (Wildman–Crippen MR) is 202 cm³/mol. The van der Waals surface area contributed by atoms with Crippen molar-refractivity contribution in [1.29, 1.82) is 0 Å². The molecule has 11 fully saturated rings. The number of rotatable bonds is 1. The van der Waals surface area contributed by atoms with Crippen molar-refractivity contribution in [2.45, 2.75) is 165 Å². The fourth-order valence-corrected chi connectivity index (χ4v) is 17.8. The normalized spacial score (nSPS) is 57.4. The number of epoxide rings is 2. The van der Waals surface area contributed by atoms with Gasteiger partial charge in [0.25, 0.3) is 0 Å². The molecule has 13 rings (SSSR count). The molecule has 0 bridgehead atoms. The molecule has 17 atom stereocenters. The maximum Gasteiger partial charge on any atom is 0.309 e. The molecule has 0 radical (unpaired) electrons. The summed E-state index contributed by atoms with van der Waals surface area (Å²) >= 11 is 0. The highest BCUT2D eigenvalue weighted by Crippen LogP contribution is 2.83. The van der Waals surface area contributed by atoms with Crippen LogP contribution in [-0.2, 0) is 47.7 Å². The van der Waals surface area contributed by atoms with Gasteiger partial charge in [-0.15, -0.1) is 0 Å². The van der Waals surface area contributed by atoms with Crippen molar-refractivity contribution in [3.05, 3.63) is 23.3 Å². The average Bonchev–Trinajstić information content (AvgIpc) is 4.11. The van der Waals surface area contributed by atoms with Crippen LogP contribution in [0.5, 0.6) is 0 Å². The number of carbonyl (C=O) groups is 5. The summed E-state index contributed by atoms with van der Waals surface area (Å²) in [5.74, 6) is 2.57. The Morgan fingerprint density at radius 1 is 0.684 bits per heavy atom. The van der Waals surface area contributed by atoms with E-state index in [4.69, 9.17) is 23.7 Å². The van der Waals surface area contributed by atoms with Gasteiger partial charge in [0.1, 0.15) is 22.4 Å². The van der Waals surface area contributed by atoms with E-state index in [0.29, 0.717) is 61.6 Å². The average molecular weight is 783 g/mol. The van der Waals surface area contributed by atoms with Gasteiger partial charge < -0.3 is 23.7 Å². The summed E-state index contributed by atoms with van der Waals surface area (Å²) in [6, 6.07) is 0. The number of hydrogen-bond acceptors (Lipinski definition) is 10. The third kappa shape index (κ3) is 3.97. The number of esters is 3. The fourth-order valence-electron chi connectivity index (χ4n) is 17.8. The van der Waals surface area contributed by atoms with E-state index in [0.717, 1.165) is 63.4 Å². The summed E-state index contributed by atoms with van der Waals surface area (Å²) in [6.45, 7) is 9.32. The van der Waals surface area contributed by atoms with Crippen molar-refractivity contribution in [2.75, 3.05) is 7.11 Å². The molecule has 9 aliphatic carbocycles. The molecule has 4 saturated heterocycles. The van der Waals surface area contributed by atoms with E-state index in [-0.39, 0.29) is 86.5 Å². The third-order valence-electron chi connectivity index (χ3n) is 20.7. The van der Waals surface area contributed by atoms with Gasteiger partial charge in [-0.3, -0.25) is 24.0 Å². The van der Waals surface area contributed by atoms with Gasteiger partial charge in [-0.2, -0.15) is 0 Å². The summed E-state index contributed by atoms with van der Waals surface area (Å²) in [7, 11) is 1.45. The Morgan fingerprint density at radius 3 is 1.79 bits per heavy atom. The smallest absolute Gasteiger partial charge is 0.309 e. The monoisotopic (exact) mass is 782 g/mol. The summed E-state index contributed by atoms with van der Waals surface area (Å²) in [4.78, 5) is 61.6. The van der Waals surface area contributed by atoms with Gasteiger partial charge in [-0.05, 0) is 119 Å². The molecule has 7 saturated carbocycles. The SMILES string of the molecule is CC12C[C@H]3O[C@@]34C(C3CC3C3=CC(=O)CCC34C)C1CC[C@@]21CCC(=O)O1.COC(=O)[C@@H]1CC2=CC(=O)CCC2(C)[C@@]23O[C@@H]2CC2(C)C(CC[C@@]24CCC(=O)O4)C13. The molecule has 0 aromatic carbocycles. The van der Waals surface area contributed by atoms with Crippen LogP contribution in [0.2, 0.25) is 0 Å². The van der Waals surface area contributed by atoms with Crippen LogP contribution in [0.15, 0.2) is 23.3 Å². The van der Waals surface area contributed by atoms with Crippen molar-refractivity contribution in [1.82, 2.24) is 0 Å². The lowest BCUT2D eigenvalue weighted by atomic mass is 9.43. The molecule has 57 heavy (non-hydrogen) atoms. The molecule has 10 unspecified atom stereocenters. The first-order valence-corrected chi connectivity index (χ1v) is 22.4. The van der Waals surface area contributed by atoms with E-state index in [1.165, 1.54) is 25.5 Å². The van der Waals surface area contributed by atoms with Crippen LogP contribution in [0, 0.1) is 63.1 Å². The van der Waals surface area contributed by atoms with Gasteiger partial charge in [0, 0.05) is 53.3 Å². The Balaban J connectivity index is 0.000000125. The molecule has 0 aromatic rings. The Morgan fingerprint density at radius 2 is 1.23 bits per heavy atom. The summed E-state index contributed by atoms with van der Waals surface area (Å²) in [5.41, 5.74) is 1.06. The van der Waals surface area contributed by atoms with E-state index < -0.39 is 11.2 Å². The molecule has 4 spiro atoms. The summed E-state index contributed by atoms with van der Waals surface area (Å²) in [5, 5.41) is 0. The molecule has 0 amide bonds. The van der Waals surface area contributed by atoms with E-state index in [1.807, 2.05) is 6.08 Å². The highest BCUT2D eigenvalue weighted by atomic mass is 16.6. The fraction of sp³-hybridized carbons (Fsp3) is 0.809. The van der Waals surface area contributed by atoms with Crippen molar-refractivity contribution >= 4 is 29.5 Å². The van der Waals surface area contributed by atoms with Gasteiger partial charge in [-0.1, -0.05) is 38.8 Å². The quantitative estimate of drug-likeness (QED) is 0.160. The van der Waals surface area contributed by atoms with Crippen LogP contribution >= 0.6 is 0 Å². The van der Waals surface area contributed by atoms with Gasteiger partial charge in [0.15, 0.2) is 11.6 Å². The molecule has 10 heteroatoms.